The lowest BCUT2D eigenvalue weighted by Gasteiger charge is -2.10. The monoisotopic (exact) mass is 341 g/mol. The number of aliphatic hydroxyl groups is 1. The Bertz CT molecular complexity index is 872. The first-order chi connectivity index (χ1) is 12.2. The fourth-order valence-electron chi connectivity index (χ4n) is 2.71. The van der Waals surface area contributed by atoms with E-state index in [9.17, 15) is 5.11 Å². The van der Waals surface area contributed by atoms with Gasteiger partial charge in [-0.1, -0.05) is 17.3 Å². The summed E-state index contributed by atoms with van der Waals surface area (Å²) in [6.07, 6.45) is 0. The van der Waals surface area contributed by atoms with Gasteiger partial charge in [-0.3, -0.25) is 0 Å². The second kappa shape index (κ2) is 7.27. The molecule has 1 aromatic heterocycles. The number of para-hydroxylation sites is 1. The van der Waals surface area contributed by atoms with Crippen molar-refractivity contribution in [3.8, 4) is 39.8 Å². The number of ether oxygens (including phenoxy) is 3. The lowest BCUT2D eigenvalue weighted by molar-refractivity contribution is 0.281. The van der Waals surface area contributed by atoms with E-state index >= 15 is 0 Å². The van der Waals surface area contributed by atoms with Crippen LogP contribution in [-0.2, 0) is 6.61 Å². The number of methoxy groups -OCH3 is 3. The molecule has 0 amide bonds. The Hall–Kier alpha value is -2.99. The molecule has 1 N–H and O–H groups in total. The minimum absolute atomic E-state index is 0.243. The maximum absolute atomic E-state index is 9.95. The summed E-state index contributed by atoms with van der Waals surface area (Å²) < 4.78 is 21.6. The average molecular weight is 341 g/mol. The third-order valence-electron chi connectivity index (χ3n) is 3.96. The number of rotatable bonds is 6. The Kier molecular flexibility index (Phi) is 4.90. The van der Waals surface area contributed by atoms with Crippen LogP contribution < -0.4 is 14.2 Å². The molecule has 0 aliphatic heterocycles. The highest BCUT2D eigenvalue weighted by Crippen LogP contribution is 2.40. The normalized spacial score (nSPS) is 10.6. The van der Waals surface area contributed by atoms with Crippen molar-refractivity contribution < 1.29 is 23.8 Å². The van der Waals surface area contributed by atoms with E-state index in [1.807, 2.05) is 24.3 Å². The van der Waals surface area contributed by atoms with Crippen LogP contribution in [0.2, 0.25) is 0 Å². The number of nitrogens with zero attached hydrogens (tertiary/aromatic N) is 1. The Balaban J connectivity index is 2.19. The highest BCUT2D eigenvalue weighted by molar-refractivity contribution is 5.78. The van der Waals surface area contributed by atoms with Crippen LogP contribution in [0.5, 0.6) is 17.2 Å². The zero-order valence-electron chi connectivity index (χ0n) is 14.3. The smallest absolute Gasteiger partial charge is 0.176 e. The molecule has 0 spiro atoms. The summed E-state index contributed by atoms with van der Waals surface area (Å²) in [5.41, 5.74) is 2.47. The molecule has 0 aliphatic carbocycles. The van der Waals surface area contributed by atoms with Crippen LogP contribution in [0.25, 0.3) is 22.6 Å². The van der Waals surface area contributed by atoms with Gasteiger partial charge in [-0.25, -0.2) is 0 Å². The highest BCUT2D eigenvalue weighted by atomic mass is 16.5. The molecule has 0 fully saturated rings. The van der Waals surface area contributed by atoms with Gasteiger partial charge >= 0.3 is 0 Å². The van der Waals surface area contributed by atoms with E-state index in [-0.39, 0.29) is 6.61 Å². The lowest BCUT2D eigenvalue weighted by Crippen LogP contribution is -1.94. The van der Waals surface area contributed by atoms with E-state index in [4.69, 9.17) is 18.7 Å². The summed E-state index contributed by atoms with van der Waals surface area (Å²) in [5, 5.41) is 14.1. The van der Waals surface area contributed by atoms with E-state index in [1.54, 1.807) is 39.5 Å². The molecule has 1 heterocycles. The molecule has 3 aromatic rings. The molecule has 130 valence electrons. The number of hydrogen-bond acceptors (Lipinski definition) is 6. The van der Waals surface area contributed by atoms with E-state index in [0.717, 1.165) is 5.56 Å². The van der Waals surface area contributed by atoms with Crippen molar-refractivity contribution in [1.82, 2.24) is 5.16 Å². The molecule has 0 saturated carbocycles. The SMILES string of the molecule is COc1ccc(OC)c(-c2onc(-c3ccccc3OC)c2CO)c1. The van der Waals surface area contributed by atoms with Crippen LogP contribution in [0.1, 0.15) is 5.56 Å². The Morgan fingerprint density at radius 3 is 2.32 bits per heavy atom. The third-order valence-corrected chi connectivity index (χ3v) is 3.96. The van der Waals surface area contributed by atoms with Crippen molar-refractivity contribution in [3.63, 3.8) is 0 Å². The van der Waals surface area contributed by atoms with Crippen molar-refractivity contribution in [2.45, 2.75) is 6.61 Å². The number of hydrogen-bond donors (Lipinski definition) is 1. The molecule has 2 aromatic carbocycles. The Morgan fingerprint density at radius 2 is 1.64 bits per heavy atom. The first-order valence-corrected chi connectivity index (χ1v) is 7.68. The maximum atomic E-state index is 9.95. The van der Waals surface area contributed by atoms with Gasteiger partial charge < -0.3 is 23.8 Å². The van der Waals surface area contributed by atoms with Crippen molar-refractivity contribution in [2.24, 2.45) is 0 Å². The molecular weight excluding hydrogens is 322 g/mol. The summed E-state index contributed by atoms with van der Waals surface area (Å²) in [5.74, 6) is 2.32. The van der Waals surface area contributed by atoms with E-state index in [2.05, 4.69) is 5.16 Å². The topological polar surface area (TPSA) is 74.0 Å². The van der Waals surface area contributed by atoms with Gasteiger partial charge in [0.15, 0.2) is 5.76 Å². The molecule has 0 unspecified atom stereocenters. The average Bonchev–Trinajstić information content (AvgIpc) is 3.10. The summed E-state index contributed by atoms with van der Waals surface area (Å²) >= 11 is 0. The predicted octanol–water partition coefficient (Wildman–Crippen LogP) is 3.53. The van der Waals surface area contributed by atoms with Gasteiger partial charge in [-0.05, 0) is 30.3 Å². The van der Waals surface area contributed by atoms with Gasteiger partial charge in [0.25, 0.3) is 0 Å². The number of benzene rings is 2. The van der Waals surface area contributed by atoms with Gasteiger partial charge in [-0.15, -0.1) is 0 Å². The summed E-state index contributed by atoms with van der Waals surface area (Å²) in [7, 11) is 4.74. The van der Waals surface area contributed by atoms with Crippen LogP contribution in [0.4, 0.5) is 0 Å². The van der Waals surface area contributed by atoms with Gasteiger partial charge in [0, 0.05) is 5.56 Å². The summed E-state index contributed by atoms with van der Waals surface area (Å²) in [6, 6.07) is 12.8. The molecule has 6 heteroatoms. The molecule has 0 radical (unpaired) electrons. The fourth-order valence-corrected chi connectivity index (χ4v) is 2.71. The van der Waals surface area contributed by atoms with Gasteiger partial charge in [0.2, 0.25) is 0 Å². The van der Waals surface area contributed by atoms with Crippen molar-refractivity contribution >= 4 is 0 Å². The second-order valence-corrected chi connectivity index (χ2v) is 5.26. The molecule has 0 saturated heterocycles. The molecule has 6 nitrogen and oxygen atoms in total. The minimum atomic E-state index is -0.243. The predicted molar refractivity (Wildman–Crippen MR) is 93.0 cm³/mol. The van der Waals surface area contributed by atoms with Crippen molar-refractivity contribution in [1.29, 1.82) is 0 Å². The van der Waals surface area contributed by atoms with Gasteiger partial charge in [0.1, 0.15) is 22.9 Å². The van der Waals surface area contributed by atoms with Crippen LogP contribution >= 0.6 is 0 Å². The quantitative estimate of drug-likeness (QED) is 0.739. The lowest BCUT2D eigenvalue weighted by atomic mass is 10.0. The van der Waals surface area contributed by atoms with Crippen molar-refractivity contribution in [2.75, 3.05) is 21.3 Å². The number of aromatic nitrogens is 1. The zero-order chi connectivity index (χ0) is 17.8. The molecule has 3 rings (SSSR count). The van der Waals surface area contributed by atoms with Crippen LogP contribution in [0.3, 0.4) is 0 Å². The second-order valence-electron chi connectivity index (χ2n) is 5.26. The fraction of sp³-hybridized carbons (Fsp3) is 0.211. The van der Waals surface area contributed by atoms with Crippen LogP contribution in [-0.4, -0.2) is 31.6 Å². The van der Waals surface area contributed by atoms with E-state index in [0.29, 0.717) is 39.8 Å². The third kappa shape index (κ3) is 3.04. The Morgan fingerprint density at radius 1 is 0.920 bits per heavy atom. The molecule has 25 heavy (non-hydrogen) atoms. The van der Waals surface area contributed by atoms with E-state index in [1.165, 1.54) is 0 Å². The molecule has 0 aliphatic rings. The standard InChI is InChI=1S/C19H19NO5/c1-22-12-8-9-17(24-3)14(10-12)19-15(11-21)18(20-25-19)13-6-4-5-7-16(13)23-2/h4-10,21H,11H2,1-3H3. The highest BCUT2D eigenvalue weighted by Gasteiger charge is 2.23. The molecule has 0 atom stereocenters. The Labute approximate surface area is 145 Å². The summed E-state index contributed by atoms with van der Waals surface area (Å²) in [6.45, 7) is -0.243. The molecule has 0 bridgehead atoms. The molecular formula is C19H19NO5. The minimum Gasteiger partial charge on any atom is -0.497 e. The van der Waals surface area contributed by atoms with Crippen molar-refractivity contribution in [3.05, 3.63) is 48.0 Å². The summed E-state index contributed by atoms with van der Waals surface area (Å²) in [4.78, 5) is 0. The van der Waals surface area contributed by atoms with Crippen LogP contribution in [0, 0.1) is 0 Å². The van der Waals surface area contributed by atoms with Crippen LogP contribution in [0.15, 0.2) is 47.0 Å². The zero-order valence-corrected chi connectivity index (χ0v) is 14.3. The number of aliphatic hydroxyl groups excluding tert-OH is 1. The van der Waals surface area contributed by atoms with E-state index < -0.39 is 0 Å². The first kappa shape index (κ1) is 16.9. The first-order valence-electron chi connectivity index (χ1n) is 7.68. The largest absolute Gasteiger partial charge is 0.497 e. The van der Waals surface area contributed by atoms with Gasteiger partial charge in [0.05, 0.1) is 39.1 Å². The maximum Gasteiger partial charge on any atom is 0.176 e. The van der Waals surface area contributed by atoms with Gasteiger partial charge in [-0.2, -0.15) is 0 Å².